The molecule has 0 fully saturated rings. The Morgan fingerprint density at radius 2 is 1.57 bits per heavy atom. The molecule has 1 atom stereocenters. The van der Waals surface area contributed by atoms with Crippen molar-refractivity contribution in [1.29, 1.82) is 0 Å². The van der Waals surface area contributed by atoms with Crippen LogP contribution in [0.3, 0.4) is 0 Å². The van der Waals surface area contributed by atoms with Crippen LogP contribution in [0.5, 0.6) is 0 Å². The first-order valence-corrected chi connectivity index (χ1v) is 10.7. The van der Waals surface area contributed by atoms with Gasteiger partial charge in [0.2, 0.25) is 5.91 Å². The van der Waals surface area contributed by atoms with Crippen LogP contribution in [-0.2, 0) is 14.8 Å². The van der Waals surface area contributed by atoms with E-state index in [1.807, 2.05) is 42.5 Å². The summed E-state index contributed by atoms with van der Waals surface area (Å²) in [7, 11) is -3.78. The summed E-state index contributed by atoms with van der Waals surface area (Å²) in [5, 5.41) is 4.35. The van der Waals surface area contributed by atoms with Gasteiger partial charge in [0, 0.05) is 11.1 Å². The Bertz CT molecular complexity index is 1160. The lowest BCUT2D eigenvalue weighted by atomic mass is 10.0. The molecule has 0 aromatic heterocycles. The fourth-order valence-electron chi connectivity index (χ4n) is 3.64. The van der Waals surface area contributed by atoms with Gasteiger partial charge in [-0.1, -0.05) is 50.2 Å². The molecule has 5 nitrogen and oxygen atoms in total. The van der Waals surface area contributed by atoms with Gasteiger partial charge in [-0.05, 0) is 48.1 Å². The first-order chi connectivity index (χ1) is 13.3. The third-order valence-corrected chi connectivity index (χ3v) is 7.12. The lowest BCUT2D eigenvalue weighted by Gasteiger charge is -2.25. The quantitative estimate of drug-likeness (QED) is 0.708. The van der Waals surface area contributed by atoms with Crippen molar-refractivity contribution in [2.45, 2.75) is 37.6 Å². The van der Waals surface area contributed by atoms with Crippen molar-refractivity contribution >= 4 is 38.1 Å². The van der Waals surface area contributed by atoms with E-state index >= 15 is 0 Å². The van der Waals surface area contributed by atoms with Crippen LogP contribution in [0.4, 0.5) is 11.4 Å². The first-order valence-electron chi connectivity index (χ1n) is 9.27. The van der Waals surface area contributed by atoms with Gasteiger partial charge < -0.3 is 5.32 Å². The first kappa shape index (κ1) is 18.5. The Labute approximate surface area is 165 Å². The normalized spacial score (nSPS) is 15.8. The van der Waals surface area contributed by atoms with E-state index in [4.69, 9.17) is 0 Å². The Morgan fingerprint density at radius 1 is 0.929 bits per heavy atom. The third-order valence-electron chi connectivity index (χ3n) is 5.19. The molecular formula is C22H22N2O3S. The molecule has 0 radical (unpaired) electrons. The van der Waals surface area contributed by atoms with Gasteiger partial charge in [-0.2, -0.15) is 0 Å². The number of nitrogens with one attached hydrogen (secondary N) is 1. The predicted octanol–water partition coefficient (Wildman–Crippen LogP) is 4.50. The number of anilines is 2. The maximum atomic E-state index is 13.1. The monoisotopic (exact) mass is 394 g/mol. The molecule has 1 amide bonds. The van der Waals surface area contributed by atoms with Crippen LogP contribution < -0.4 is 9.62 Å². The average molecular weight is 394 g/mol. The second kappa shape index (κ2) is 6.63. The summed E-state index contributed by atoms with van der Waals surface area (Å²) in [4.78, 5) is 13.1. The minimum Gasteiger partial charge on any atom is -0.324 e. The van der Waals surface area contributed by atoms with E-state index in [2.05, 4.69) is 19.2 Å². The number of amides is 1. The minimum absolute atomic E-state index is 0.251. The highest BCUT2D eigenvalue weighted by atomic mass is 32.2. The topological polar surface area (TPSA) is 66.5 Å². The van der Waals surface area contributed by atoms with E-state index in [1.165, 1.54) is 9.87 Å². The summed E-state index contributed by atoms with van der Waals surface area (Å²) in [5.74, 6) is 0.0306. The van der Waals surface area contributed by atoms with E-state index in [0.717, 1.165) is 5.39 Å². The molecule has 0 saturated carbocycles. The minimum atomic E-state index is -3.78. The van der Waals surface area contributed by atoms with Gasteiger partial charge in [0.05, 0.1) is 10.6 Å². The average Bonchev–Trinajstić information content (AvgIpc) is 2.90. The zero-order valence-electron chi connectivity index (χ0n) is 16.0. The lowest BCUT2D eigenvalue weighted by Crippen LogP contribution is -2.43. The van der Waals surface area contributed by atoms with Crippen molar-refractivity contribution < 1.29 is 13.2 Å². The van der Waals surface area contributed by atoms with Gasteiger partial charge in [0.15, 0.2) is 0 Å². The fourth-order valence-corrected chi connectivity index (χ4v) is 5.51. The molecule has 1 aliphatic rings. The van der Waals surface area contributed by atoms with Crippen molar-refractivity contribution in [2.24, 2.45) is 0 Å². The molecule has 0 spiro atoms. The predicted molar refractivity (Wildman–Crippen MR) is 112 cm³/mol. The molecule has 1 unspecified atom stereocenters. The Kier molecular flexibility index (Phi) is 4.38. The third kappa shape index (κ3) is 2.85. The van der Waals surface area contributed by atoms with E-state index < -0.39 is 16.1 Å². The van der Waals surface area contributed by atoms with E-state index in [-0.39, 0.29) is 10.8 Å². The summed E-state index contributed by atoms with van der Waals surface area (Å²) in [6.45, 7) is 5.82. The van der Waals surface area contributed by atoms with Crippen LogP contribution in [0, 0.1) is 0 Å². The number of sulfonamides is 1. The molecule has 0 saturated heterocycles. The van der Waals surface area contributed by atoms with Gasteiger partial charge >= 0.3 is 0 Å². The fraction of sp³-hybridized carbons (Fsp3) is 0.227. The number of carbonyl (C=O) groups excluding carboxylic acids is 1. The highest BCUT2D eigenvalue weighted by Crippen LogP contribution is 2.43. The maximum Gasteiger partial charge on any atom is 0.265 e. The van der Waals surface area contributed by atoms with Gasteiger partial charge in [-0.3, -0.25) is 9.10 Å². The van der Waals surface area contributed by atoms with Gasteiger partial charge in [-0.15, -0.1) is 0 Å². The largest absolute Gasteiger partial charge is 0.324 e. The van der Waals surface area contributed by atoms with Crippen molar-refractivity contribution in [3.8, 4) is 0 Å². The SMILES string of the molecule is CC(C)c1ccc(NC(=O)C(C)N2c3cccc4cccc(c34)S2(=O)=O)cc1. The molecule has 1 heterocycles. The smallest absolute Gasteiger partial charge is 0.265 e. The highest BCUT2D eigenvalue weighted by molar-refractivity contribution is 7.93. The summed E-state index contributed by atoms with van der Waals surface area (Å²) in [6.07, 6.45) is 0. The standard InChI is InChI=1S/C22H22N2O3S/c1-14(2)16-10-12-18(13-11-16)23-22(25)15(3)24-19-8-4-6-17-7-5-9-20(21(17)19)28(24,26)27/h4-15H,1-3H3,(H,23,25). The number of hydrogen-bond acceptors (Lipinski definition) is 3. The van der Waals surface area contributed by atoms with Crippen LogP contribution in [0.15, 0.2) is 65.6 Å². The van der Waals surface area contributed by atoms with E-state index in [1.54, 1.807) is 25.1 Å². The Morgan fingerprint density at radius 3 is 2.21 bits per heavy atom. The Balaban J connectivity index is 1.66. The van der Waals surface area contributed by atoms with E-state index in [9.17, 15) is 13.2 Å². The molecule has 4 rings (SSSR count). The number of hydrogen-bond donors (Lipinski definition) is 1. The van der Waals surface area contributed by atoms with Crippen molar-refractivity contribution in [3.05, 3.63) is 66.2 Å². The van der Waals surface area contributed by atoms with Crippen molar-refractivity contribution in [1.82, 2.24) is 0 Å². The van der Waals surface area contributed by atoms with E-state index in [0.29, 0.717) is 22.7 Å². The zero-order chi connectivity index (χ0) is 20.1. The van der Waals surface area contributed by atoms with Crippen LogP contribution in [0.2, 0.25) is 0 Å². The molecule has 3 aromatic rings. The molecule has 28 heavy (non-hydrogen) atoms. The molecular weight excluding hydrogens is 372 g/mol. The molecule has 0 aliphatic carbocycles. The van der Waals surface area contributed by atoms with Crippen LogP contribution in [-0.4, -0.2) is 20.4 Å². The summed E-state index contributed by atoms with van der Waals surface area (Å²) >= 11 is 0. The van der Waals surface area contributed by atoms with Crippen LogP contribution in [0.1, 0.15) is 32.3 Å². The molecule has 1 N–H and O–H groups in total. The summed E-state index contributed by atoms with van der Waals surface area (Å²) in [6, 6.07) is 17.4. The molecule has 1 aliphatic heterocycles. The number of carbonyl (C=O) groups is 1. The zero-order valence-corrected chi connectivity index (χ0v) is 16.8. The van der Waals surface area contributed by atoms with Crippen molar-refractivity contribution in [2.75, 3.05) is 9.62 Å². The van der Waals surface area contributed by atoms with Crippen molar-refractivity contribution in [3.63, 3.8) is 0 Å². The van der Waals surface area contributed by atoms with Gasteiger partial charge in [0.25, 0.3) is 10.0 Å². The van der Waals surface area contributed by atoms with Gasteiger partial charge in [-0.25, -0.2) is 8.42 Å². The highest BCUT2D eigenvalue weighted by Gasteiger charge is 2.40. The summed E-state index contributed by atoms with van der Waals surface area (Å²) < 4.78 is 27.5. The number of rotatable bonds is 4. The van der Waals surface area contributed by atoms with Crippen LogP contribution in [0.25, 0.3) is 10.8 Å². The Hall–Kier alpha value is -2.86. The summed E-state index contributed by atoms with van der Waals surface area (Å²) in [5.41, 5.74) is 2.37. The van der Waals surface area contributed by atoms with Gasteiger partial charge in [0.1, 0.15) is 6.04 Å². The number of benzene rings is 3. The molecule has 0 bridgehead atoms. The lowest BCUT2D eigenvalue weighted by molar-refractivity contribution is -0.116. The molecule has 144 valence electrons. The maximum absolute atomic E-state index is 13.1. The second-order valence-electron chi connectivity index (χ2n) is 7.37. The second-order valence-corrected chi connectivity index (χ2v) is 9.16. The van der Waals surface area contributed by atoms with Crippen LogP contribution >= 0.6 is 0 Å². The molecule has 3 aromatic carbocycles. The molecule has 6 heteroatoms. The number of nitrogens with zero attached hydrogens (tertiary/aromatic N) is 1.